The molecule has 0 bridgehead atoms. The number of amides is 1. The molecule has 3 rings (SSSR count). The van der Waals surface area contributed by atoms with Gasteiger partial charge < -0.3 is 14.5 Å². The van der Waals surface area contributed by atoms with Crippen molar-refractivity contribution in [2.24, 2.45) is 0 Å². The predicted molar refractivity (Wildman–Crippen MR) is 107 cm³/mol. The second-order valence-electron chi connectivity index (χ2n) is 6.20. The van der Waals surface area contributed by atoms with Gasteiger partial charge >= 0.3 is 0 Å². The first-order valence-electron chi connectivity index (χ1n) is 8.66. The van der Waals surface area contributed by atoms with Crippen molar-refractivity contribution in [3.05, 3.63) is 64.7 Å². The minimum Gasteiger partial charge on any atom is -0.497 e. The highest BCUT2D eigenvalue weighted by atomic mass is 35.5. The van der Waals surface area contributed by atoms with E-state index in [-0.39, 0.29) is 11.5 Å². The number of carbonyl (C=O) groups excluding carboxylic acids is 1. The van der Waals surface area contributed by atoms with Crippen LogP contribution >= 0.6 is 11.6 Å². The van der Waals surface area contributed by atoms with Crippen molar-refractivity contribution in [3.8, 4) is 11.8 Å². The summed E-state index contributed by atoms with van der Waals surface area (Å²) in [6.07, 6.45) is 1.59. The molecule has 0 spiro atoms. The first-order valence-corrected chi connectivity index (χ1v) is 9.04. The Kier molecular flexibility index (Phi) is 6.00. The summed E-state index contributed by atoms with van der Waals surface area (Å²) in [5.74, 6) is 0.573. The number of anilines is 1. The number of nitriles is 1. The third-order valence-electron chi connectivity index (χ3n) is 4.51. The van der Waals surface area contributed by atoms with Gasteiger partial charge in [-0.3, -0.25) is 4.79 Å². The second kappa shape index (κ2) is 8.61. The van der Waals surface area contributed by atoms with Gasteiger partial charge in [0.2, 0.25) is 0 Å². The molecule has 0 saturated carbocycles. The Morgan fingerprint density at radius 1 is 1.15 bits per heavy atom. The molecule has 0 N–H and O–H groups in total. The zero-order valence-electron chi connectivity index (χ0n) is 15.1. The second-order valence-corrected chi connectivity index (χ2v) is 6.64. The molecular formula is C21H20ClN3O2. The molecule has 2 aromatic carbocycles. The number of hydrogen-bond donors (Lipinski definition) is 0. The maximum Gasteiger partial charge on any atom is 0.264 e. The summed E-state index contributed by atoms with van der Waals surface area (Å²) in [5, 5.41) is 9.99. The molecule has 0 unspecified atom stereocenters. The molecule has 5 nitrogen and oxygen atoms in total. The van der Waals surface area contributed by atoms with Gasteiger partial charge in [0.05, 0.1) is 7.11 Å². The number of ether oxygens (including phenoxy) is 1. The fraction of sp³-hybridized carbons (Fsp3) is 0.238. The summed E-state index contributed by atoms with van der Waals surface area (Å²) in [7, 11) is 1.64. The van der Waals surface area contributed by atoms with Gasteiger partial charge in [-0.25, -0.2) is 0 Å². The lowest BCUT2D eigenvalue weighted by molar-refractivity contribution is -0.126. The number of halogens is 1. The maximum absolute atomic E-state index is 12.7. The lowest BCUT2D eigenvalue weighted by Gasteiger charge is -2.36. The Hall–Kier alpha value is -2.97. The molecule has 1 aliphatic heterocycles. The van der Waals surface area contributed by atoms with Gasteiger partial charge in [0.15, 0.2) is 0 Å². The topological polar surface area (TPSA) is 56.6 Å². The van der Waals surface area contributed by atoms with E-state index in [1.54, 1.807) is 36.3 Å². The zero-order chi connectivity index (χ0) is 19.2. The average Bonchev–Trinajstić information content (AvgIpc) is 2.72. The molecule has 27 heavy (non-hydrogen) atoms. The number of rotatable bonds is 4. The normalized spacial score (nSPS) is 14.6. The van der Waals surface area contributed by atoms with E-state index in [2.05, 4.69) is 4.90 Å². The lowest BCUT2D eigenvalue weighted by Crippen LogP contribution is -2.49. The van der Waals surface area contributed by atoms with Crippen LogP contribution in [0.1, 0.15) is 5.56 Å². The number of benzene rings is 2. The van der Waals surface area contributed by atoms with E-state index in [1.807, 2.05) is 36.4 Å². The van der Waals surface area contributed by atoms with Gasteiger partial charge in [0, 0.05) is 36.9 Å². The van der Waals surface area contributed by atoms with Crippen molar-refractivity contribution in [2.75, 3.05) is 38.2 Å². The van der Waals surface area contributed by atoms with Crippen molar-refractivity contribution in [3.63, 3.8) is 0 Å². The number of hydrogen-bond acceptors (Lipinski definition) is 4. The molecule has 0 atom stereocenters. The molecule has 1 amide bonds. The molecule has 138 valence electrons. The number of piperazine rings is 1. The first-order chi connectivity index (χ1) is 13.1. The van der Waals surface area contributed by atoms with Crippen LogP contribution in [0.2, 0.25) is 5.02 Å². The van der Waals surface area contributed by atoms with Crippen molar-refractivity contribution < 1.29 is 9.53 Å². The minimum absolute atomic E-state index is 0.121. The summed E-state index contributed by atoms with van der Waals surface area (Å²) < 4.78 is 5.18. The van der Waals surface area contributed by atoms with Crippen LogP contribution in [0.5, 0.6) is 5.75 Å². The van der Waals surface area contributed by atoms with Gasteiger partial charge in [0.25, 0.3) is 5.91 Å². The van der Waals surface area contributed by atoms with Crippen LogP contribution in [0.25, 0.3) is 6.08 Å². The summed E-state index contributed by atoms with van der Waals surface area (Å²) in [6.45, 7) is 2.57. The highest BCUT2D eigenvalue weighted by Crippen LogP contribution is 2.21. The Bertz CT molecular complexity index is 879. The monoisotopic (exact) mass is 381 g/mol. The molecule has 2 aromatic rings. The standard InChI is InChI=1S/C21H20ClN3O2/c1-27-20-7-5-19(6-8-20)24-9-11-25(12-10-24)21(26)17(15-23)13-16-3-2-4-18(22)14-16/h2-8,13-14H,9-12H2,1H3/b17-13+. The van der Waals surface area contributed by atoms with Crippen molar-refractivity contribution in [1.82, 2.24) is 4.90 Å². The highest BCUT2D eigenvalue weighted by Gasteiger charge is 2.23. The fourth-order valence-electron chi connectivity index (χ4n) is 3.04. The lowest BCUT2D eigenvalue weighted by atomic mass is 10.1. The van der Waals surface area contributed by atoms with Crippen molar-refractivity contribution >= 4 is 29.3 Å². The minimum atomic E-state index is -0.244. The summed E-state index contributed by atoms with van der Waals surface area (Å²) in [6, 6.07) is 17.0. The van der Waals surface area contributed by atoms with Crippen molar-refractivity contribution in [1.29, 1.82) is 5.26 Å². The third kappa shape index (κ3) is 4.60. The molecule has 1 saturated heterocycles. The van der Waals surface area contributed by atoms with E-state index in [0.717, 1.165) is 17.0 Å². The molecule has 0 radical (unpaired) electrons. The Labute approximate surface area is 164 Å². The van der Waals surface area contributed by atoms with E-state index in [1.165, 1.54) is 0 Å². The smallest absolute Gasteiger partial charge is 0.264 e. The van der Waals surface area contributed by atoms with Gasteiger partial charge in [-0.05, 0) is 48.0 Å². The quantitative estimate of drug-likeness (QED) is 0.599. The number of methoxy groups -OCH3 is 1. The van der Waals surface area contributed by atoms with Gasteiger partial charge in [-0.15, -0.1) is 0 Å². The van der Waals surface area contributed by atoms with Crippen molar-refractivity contribution in [2.45, 2.75) is 0 Å². The fourth-order valence-corrected chi connectivity index (χ4v) is 3.23. The summed E-state index contributed by atoms with van der Waals surface area (Å²) >= 11 is 5.97. The molecule has 1 heterocycles. The Morgan fingerprint density at radius 2 is 1.85 bits per heavy atom. The molecule has 6 heteroatoms. The van der Waals surface area contributed by atoms with E-state index in [4.69, 9.17) is 16.3 Å². The Morgan fingerprint density at radius 3 is 2.44 bits per heavy atom. The van der Waals surface area contributed by atoms with Crippen LogP contribution in [0, 0.1) is 11.3 Å². The number of nitrogens with zero attached hydrogens (tertiary/aromatic N) is 3. The first kappa shape index (κ1) is 18.8. The van der Waals surface area contributed by atoms with Crippen LogP contribution in [0.3, 0.4) is 0 Å². The third-order valence-corrected chi connectivity index (χ3v) is 4.75. The Balaban J connectivity index is 1.65. The molecule has 1 aliphatic rings. The SMILES string of the molecule is COc1ccc(N2CCN(C(=O)/C(C#N)=C/c3cccc(Cl)c3)CC2)cc1. The van der Waals surface area contributed by atoms with E-state index in [9.17, 15) is 10.1 Å². The van der Waals surface area contributed by atoms with Gasteiger partial charge in [-0.2, -0.15) is 5.26 Å². The number of carbonyl (C=O) groups is 1. The highest BCUT2D eigenvalue weighted by molar-refractivity contribution is 6.30. The molecular weight excluding hydrogens is 362 g/mol. The van der Waals surface area contributed by atoms with Gasteiger partial charge in [-0.1, -0.05) is 23.7 Å². The molecule has 0 aliphatic carbocycles. The van der Waals surface area contributed by atoms with Gasteiger partial charge in [0.1, 0.15) is 17.4 Å². The van der Waals surface area contributed by atoms with Crippen LogP contribution < -0.4 is 9.64 Å². The van der Waals surface area contributed by atoms with E-state index in [0.29, 0.717) is 31.2 Å². The van der Waals surface area contributed by atoms with Crippen LogP contribution in [-0.2, 0) is 4.79 Å². The zero-order valence-corrected chi connectivity index (χ0v) is 15.8. The average molecular weight is 382 g/mol. The maximum atomic E-state index is 12.7. The molecule has 1 fully saturated rings. The summed E-state index contributed by atoms with van der Waals surface area (Å²) in [5.41, 5.74) is 1.96. The van der Waals surface area contributed by atoms with E-state index >= 15 is 0 Å². The van der Waals surface area contributed by atoms with E-state index < -0.39 is 0 Å². The van der Waals surface area contributed by atoms with Crippen LogP contribution in [0.15, 0.2) is 54.1 Å². The molecule has 0 aromatic heterocycles. The summed E-state index contributed by atoms with van der Waals surface area (Å²) in [4.78, 5) is 16.7. The largest absolute Gasteiger partial charge is 0.497 e. The van der Waals surface area contributed by atoms with Crippen LogP contribution in [-0.4, -0.2) is 44.1 Å². The predicted octanol–water partition coefficient (Wildman–Crippen LogP) is 3.60. The van der Waals surface area contributed by atoms with Crippen LogP contribution in [0.4, 0.5) is 5.69 Å².